The molecule has 1 aliphatic heterocycles. The molecule has 0 aromatic carbocycles. The largest absolute Gasteiger partial charge is 0.372 e. The van der Waals surface area contributed by atoms with E-state index in [1.54, 1.807) is 11.3 Å². The lowest BCUT2D eigenvalue weighted by atomic mass is 10.3. The van der Waals surface area contributed by atoms with Crippen LogP contribution in [0.15, 0.2) is 6.07 Å². The van der Waals surface area contributed by atoms with Gasteiger partial charge in [-0.1, -0.05) is 0 Å². The van der Waals surface area contributed by atoms with Gasteiger partial charge < -0.3 is 5.32 Å². The van der Waals surface area contributed by atoms with Gasteiger partial charge >= 0.3 is 0 Å². The van der Waals surface area contributed by atoms with E-state index in [-0.39, 0.29) is 0 Å². The number of carbonyl (C=O) groups is 1. The molecule has 0 fully saturated rings. The average molecular weight is 168 g/mol. The van der Waals surface area contributed by atoms with E-state index in [4.69, 9.17) is 0 Å². The molecule has 58 valence electrons. The summed E-state index contributed by atoms with van der Waals surface area (Å²) in [5, 5.41) is 6.32. The van der Waals surface area contributed by atoms with E-state index in [2.05, 4.69) is 10.6 Å². The Labute approximate surface area is 68.4 Å². The zero-order chi connectivity index (χ0) is 7.68. The highest BCUT2D eigenvalue weighted by Gasteiger charge is 2.10. The summed E-state index contributed by atoms with van der Waals surface area (Å²) in [4.78, 5) is 12.4. The van der Waals surface area contributed by atoms with E-state index in [0.29, 0.717) is 0 Å². The SMILES string of the molecule is O=Cc1cc2c(s1)CNCN2. The van der Waals surface area contributed by atoms with E-state index in [9.17, 15) is 4.79 Å². The minimum absolute atomic E-state index is 0.794. The molecule has 2 heterocycles. The molecule has 0 atom stereocenters. The zero-order valence-electron chi connectivity index (χ0n) is 5.89. The van der Waals surface area contributed by atoms with Gasteiger partial charge in [0.1, 0.15) is 0 Å². The van der Waals surface area contributed by atoms with Gasteiger partial charge in [-0.15, -0.1) is 11.3 Å². The molecule has 11 heavy (non-hydrogen) atoms. The first-order valence-corrected chi connectivity index (χ1v) is 4.24. The van der Waals surface area contributed by atoms with Crippen LogP contribution in [0.25, 0.3) is 0 Å². The molecule has 2 N–H and O–H groups in total. The molecule has 0 saturated heterocycles. The maximum absolute atomic E-state index is 10.4. The molecule has 0 saturated carbocycles. The number of thiophene rings is 1. The summed E-state index contributed by atoms with van der Waals surface area (Å²) in [7, 11) is 0. The van der Waals surface area contributed by atoms with Crippen molar-refractivity contribution in [3.8, 4) is 0 Å². The molecule has 0 amide bonds. The molecule has 2 rings (SSSR count). The van der Waals surface area contributed by atoms with E-state index in [1.165, 1.54) is 4.88 Å². The third kappa shape index (κ3) is 1.15. The number of nitrogens with one attached hydrogen (secondary N) is 2. The normalized spacial score (nSPS) is 15.3. The van der Waals surface area contributed by atoms with Crippen molar-refractivity contribution in [1.82, 2.24) is 5.32 Å². The van der Waals surface area contributed by atoms with Gasteiger partial charge in [-0.05, 0) is 6.07 Å². The van der Waals surface area contributed by atoms with Gasteiger partial charge in [-0.2, -0.15) is 0 Å². The van der Waals surface area contributed by atoms with Crippen molar-refractivity contribution < 1.29 is 4.79 Å². The van der Waals surface area contributed by atoms with Crippen LogP contribution in [0.5, 0.6) is 0 Å². The minimum Gasteiger partial charge on any atom is -0.372 e. The average Bonchev–Trinajstić information content (AvgIpc) is 2.46. The number of carbonyl (C=O) groups excluding carboxylic acids is 1. The predicted octanol–water partition coefficient (Wildman–Crippen LogP) is 1.03. The first-order valence-electron chi connectivity index (χ1n) is 3.42. The zero-order valence-corrected chi connectivity index (χ0v) is 6.70. The summed E-state index contributed by atoms with van der Waals surface area (Å²) >= 11 is 1.54. The highest BCUT2D eigenvalue weighted by molar-refractivity contribution is 7.14. The molecule has 0 aliphatic carbocycles. The summed E-state index contributed by atoms with van der Waals surface area (Å²) in [5.74, 6) is 0. The Morgan fingerprint density at radius 1 is 1.64 bits per heavy atom. The third-order valence-corrected chi connectivity index (χ3v) is 2.69. The molecule has 0 bridgehead atoms. The van der Waals surface area contributed by atoms with Gasteiger partial charge in [0.15, 0.2) is 6.29 Å². The fraction of sp³-hybridized carbons (Fsp3) is 0.286. The first kappa shape index (κ1) is 6.82. The van der Waals surface area contributed by atoms with Gasteiger partial charge in [0, 0.05) is 11.4 Å². The quantitative estimate of drug-likeness (QED) is 0.615. The number of hydrogen-bond donors (Lipinski definition) is 2. The highest BCUT2D eigenvalue weighted by Crippen LogP contribution is 2.27. The molecule has 0 radical (unpaired) electrons. The number of aldehydes is 1. The fourth-order valence-corrected chi connectivity index (χ4v) is 2.05. The first-order chi connectivity index (χ1) is 5.40. The van der Waals surface area contributed by atoms with Crippen LogP contribution in [-0.2, 0) is 6.54 Å². The number of hydrogen-bond acceptors (Lipinski definition) is 4. The Bertz CT molecular complexity index is 258. The molecule has 0 spiro atoms. The Morgan fingerprint density at radius 3 is 3.27 bits per heavy atom. The van der Waals surface area contributed by atoms with Crippen LogP contribution < -0.4 is 10.6 Å². The smallest absolute Gasteiger partial charge is 0.160 e. The van der Waals surface area contributed by atoms with Crippen LogP contribution >= 0.6 is 11.3 Å². The van der Waals surface area contributed by atoms with Crippen molar-refractivity contribution in [3.05, 3.63) is 15.8 Å². The maximum Gasteiger partial charge on any atom is 0.160 e. The fourth-order valence-electron chi connectivity index (χ4n) is 1.12. The molecule has 4 heteroatoms. The summed E-state index contributed by atoms with van der Waals surface area (Å²) in [6, 6.07) is 1.90. The van der Waals surface area contributed by atoms with Crippen molar-refractivity contribution in [1.29, 1.82) is 0 Å². The van der Waals surface area contributed by atoms with Crippen molar-refractivity contribution in [3.63, 3.8) is 0 Å². The van der Waals surface area contributed by atoms with Crippen LogP contribution in [0.4, 0.5) is 5.69 Å². The summed E-state index contributed by atoms with van der Waals surface area (Å²) in [5.41, 5.74) is 1.11. The van der Waals surface area contributed by atoms with E-state index in [1.807, 2.05) is 6.07 Å². The van der Waals surface area contributed by atoms with E-state index < -0.39 is 0 Å². The van der Waals surface area contributed by atoms with Crippen molar-refractivity contribution in [2.24, 2.45) is 0 Å². The van der Waals surface area contributed by atoms with Gasteiger partial charge in [0.05, 0.1) is 17.2 Å². The van der Waals surface area contributed by atoms with Crippen LogP contribution in [0.2, 0.25) is 0 Å². The maximum atomic E-state index is 10.4. The van der Waals surface area contributed by atoms with Gasteiger partial charge in [-0.3, -0.25) is 10.1 Å². The Morgan fingerprint density at radius 2 is 2.55 bits per heavy atom. The van der Waals surface area contributed by atoms with Gasteiger partial charge in [0.25, 0.3) is 0 Å². The van der Waals surface area contributed by atoms with Crippen LogP contribution in [0, 0.1) is 0 Å². The molecule has 0 unspecified atom stereocenters. The van der Waals surface area contributed by atoms with Crippen molar-refractivity contribution >= 4 is 23.3 Å². The second kappa shape index (κ2) is 2.64. The lowest BCUT2D eigenvalue weighted by Gasteiger charge is -2.13. The molecule has 1 aromatic rings. The predicted molar refractivity (Wildman–Crippen MR) is 45.0 cm³/mol. The number of anilines is 1. The molecule has 3 nitrogen and oxygen atoms in total. The summed E-state index contributed by atoms with van der Waals surface area (Å²) < 4.78 is 0. The minimum atomic E-state index is 0.794. The van der Waals surface area contributed by atoms with E-state index in [0.717, 1.165) is 30.1 Å². The monoisotopic (exact) mass is 168 g/mol. The van der Waals surface area contributed by atoms with Crippen molar-refractivity contribution in [2.45, 2.75) is 6.54 Å². The van der Waals surface area contributed by atoms with Gasteiger partial charge in [0.2, 0.25) is 0 Å². The number of fused-ring (bicyclic) bond motifs is 1. The number of rotatable bonds is 1. The van der Waals surface area contributed by atoms with Gasteiger partial charge in [-0.25, -0.2) is 0 Å². The molecular weight excluding hydrogens is 160 g/mol. The third-order valence-electron chi connectivity index (χ3n) is 1.63. The summed E-state index contributed by atoms with van der Waals surface area (Å²) in [6.07, 6.45) is 0.894. The Hall–Kier alpha value is -0.870. The summed E-state index contributed by atoms with van der Waals surface area (Å²) in [6.45, 7) is 1.67. The lowest BCUT2D eigenvalue weighted by Crippen LogP contribution is -2.25. The lowest BCUT2D eigenvalue weighted by molar-refractivity contribution is 0.112. The van der Waals surface area contributed by atoms with Crippen LogP contribution in [0.3, 0.4) is 0 Å². The van der Waals surface area contributed by atoms with Crippen LogP contribution in [0.1, 0.15) is 14.5 Å². The molecule has 1 aromatic heterocycles. The Kier molecular flexibility index (Phi) is 1.63. The van der Waals surface area contributed by atoms with E-state index >= 15 is 0 Å². The Balaban J connectivity index is 2.39. The second-order valence-electron chi connectivity index (χ2n) is 2.38. The second-order valence-corrected chi connectivity index (χ2v) is 3.55. The molecular formula is C7H8N2OS. The molecule has 1 aliphatic rings. The topological polar surface area (TPSA) is 41.1 Å². The van der Waals surface area contributed by atoms with Crippen LogP contribution in [-0.4, -0.2) is 13.0 Å². The standard InChI is InChI=1S/C7H8N2OS/c10-3-5-1-6-7(11-5)2-8-4-9-6/h1,3,8-9H,2,4H2. The highest BCUT2D eigenvalue weighted by atomic mass is 32.1. The van der Waals surface area contributed by atoms with Crippen molar-refractivity contribution in [2.75, 3.05) is 12.0 Å².